The SMILES string of the molecule is C[Si](C)(C)CCc1ccc(O[PH+]=O)cc1. The quantitative estimate of drug-likeness (QED) is 0.577. The normalized spacial score (nSPS) is 11.7. The summed E-state index contributed by atoms with van der Waals surface area (Å²) in [7, 11) is -1.67. The van der Waals surface area contributed by atoms with E-state index in [0.29, 0.717) is 5.75 Å². The highest BCUT2D eigenvalue weighted by molar-refractivity contribution is 7.17. The number of rotatable bonds is 5. The van der Waals surface area contributed by atoms with Gasteiger partial charge in [0.05, 0.1) is 0 Å². The van der Waals surface area contributed by atoms with Crippen LogP contribution in [0.2, 0.25) is 25.7 Å². The monoisotopic (exact) mass is 241 g/mol. The zero-order valence-corrected chi connectivity index (χ0v) is 11.5. The van der Waals surface area contributed by atoms with E-state index < -0.39 is 16.8 Å². The molecule has 0 spiro atoms. The Morgan fingerprint density at radius 2 is 1.80 bits per heavy atom. The molecule has 1 unspecified atom stereocenters. The molecule has 0 aliphatic carbocycles. The van der Waals surface area contributed by atoms with Crippen molar-refractivity contribution in [3.05, 3.63) is 29.8 Å². The molecule has 0 saturated carbocycles. The van der Waals surface area contributed by atoms with E-state index >= 15 is 0 Å². The van der Waals surface area contributed by atoms with Crippen molar-refractivity contribution in [3.8, 4) is 5.75 Å². The lowest BCUT2D eigenvalue weighted by molar-refractivity contribution is 0.525. The Morgan fingerprint density at radius 3 is 2.27 bits per heavy atom. The lowest BCUT2D eigenvalue weighted by Gasteiger charge is -2.15. The average Bonchev–Trinajstić information content (AvgIpc) is 2.16. The van der Waals surface area contributed by atoms with E-state index in [-0.39, 0.29) is 0 Å². The number of hydrogen-bond donors (Lipinski definition) is 0. The summed E-state index contributed by atoms with van der Waals surface area (Å²) >= 11 is 0. The van der Waals surface area contributed by atoms with Crippen molar-refractivity contribution >= 4 is 16.8 Å². The summed E-state index contributed by atoms with van der Waals surface area (Å²) in [6.07, 6.45) is 1.13. The molecular formula is C11H18O2PSi+. The molecule has 4 heteroatoms. The predicted molar refractivity (Wildman–Crippen MR) is 67.9 cm³/mol. The number of hydrogen-bond acceptors (Lipinski definition) is 2. The fourth-order valence-electron chi connectivity index (χ4n) is 1.29. The Bertz CT molecular complexity index is 316. The van der Waals surface area contributed by atoms with Gasteiger partial charge in [-0.1, -0.05) is 37.8 Å². The van der Waals surface area contributed by atoms with Crippen molar-refractivity contribution in [1.29, 1.82) is 0 Å². The second kappa shape index (κ2) is 5.43. The summed E-state index contributed by atoms with van der Waals surface area (Å²) in [4.78, 5) is 0. The fourth-order valence-corrected chi connectivity index (χ4v) is 2.56. The van der Waals surface area contributed by atoms with Crippen molar-refractivity contribution in [1.82, 2.24) is 0 Å². The molecule has 1 aromatic rings. The first-order chi connectivity index (χ1) is 7.01. The second-order valence-corrected chi connectivity index (χ2v) is 10.9. The standard InChI is InChI=1S/C11H18O2PSi/c1-15(2,3)9-8-10-4-6-11(7-5-10)13-14-12/h4-7,14H,8-9H2,1-3H3/q+1. The molecule has 0 fully saturated rings. The van der Waals surface area contributed by atoms with Crippen molar-refractivity contribution < 1.29 is 9.09 Å². The van der Waals surface area contributed by atoms with Crippen LogP contribution in [0.25, 0.3) is 0 Å². The van der Waals surface area contributed by atoms with Crippen molar-refractivity contribution in [2.24, 2.45) is 0 Å². The first-order valence-corrected chi connectivity index (χ1v) is 9.66. The summed E-state index contributed by atoms with van der Waals surface area (Å²) in [5.74, 6) is 0.681. The Labute approximate surface area is 94.0 Å². The Kier molecular flexibility index (Phi) is 4.49. The Morgan fingerprint density at radius 1 is 1.20 bits per heavy atom. The van der Waals surface area contributed by atoms with Crippen LogP contribution in [0.5, 0.6) is 5.75 Å². The summed E-state index contributed by atoms with van der Waals surface area (Å²) in [5, 5.41) is 0. The maximum absolute atomic E-state index is 10.3. The molecule has 0 aliphatic rings. The summed E-state index contributed by atoms with van der Waals surface area (Å²) in [5.41, 5.74) is 1.33. The third kappa shape index (κ3) is 5.10. The first-order valence-electron chi connectivity index (χ1n) is 5.14. The third-order valence-corrected chi connectivity index (χ3v) is 4.32. The molecule has 0 aliphatic heterocycles. The maximum Gasteiger partial charge on any atom is 0.542 e. The van der Waals surface area contributed by atoms with Crippen LogP contribution in [0, 0.1) is 0 Å². The zero-order chi connectivity index (χ0) is 11.3. The van der Waals surface area contributed by atoms with E-state index in [1.54, 1.807) is 0 Å². The fraction of sp³-hybridized carbons (Fsp3) is 0.455. The summed E-state index contributed by atoms with van der Waals surface area (Å²) in [6.45, 7) is 7.13. The lowest BCUT2D eigenvalue weighted by Crippen LogP contribution is -2.19. The largest absolute Gasteiger partial charge is 0.542 e. The molecule has 15 heavy (non-hydrogen) atoms. The van der Waals surface area contributed by atoms with Gasteiger partial charge in [0.15, 0.2) is 5.75 Å². The van der Waals surface area contributed by atoms with E-state index in [0.717, 1.165) is 6.42 Å². The Balaban J connectivity index is 2.53. The summed E-state index contributed by atoms with van der Waals surface area (Å²) in [6, 6.07) is 9.16. The molecule has 0 radical (unpaired) electrons. The lowest BCUT2D eigenvalue weighted by atomic mass is 10.2. The van der Waals surface area contributed by atoms with E-state index in [1.165, 1.54) is 11.6 Å². The van der Waals surface area contributed by atoms with Crippen molar-refractivity contribution in [3.63, 3.8) is 0 Å². The molecule has 1 aromatic carbocycles. The maximum atomic E-state index is 10.3. The van der Waals surface area contributed by atoms with Crippen LogP contribution in [0.1, 0.15) is 5.56 Å². The second-order valence-electron chi connectivity index (χ2n) is 4.89. The van der Waals surface area contributed by atoms with Crippen LogP contribution < -0.4 is 4.52 Å². The molecule has 0 saturated heterocycles. The molecule has 82 valence electrons. The molecule has 1 atom stereocenters. The minimum Gasteiger partial charge on any atom is -0.256 e. The van der Waals surface area contributed by atoms with Gasteiger partial charge in [0.25, 0.3) is 0 Å². The number of benzene rings is 1. The minimum absolute atomic E-state index is 0.681. The van der Waals surface area contributed by atoms with Crippen molar-refractivity contribution in [2.45, 2.75) is 32.1 Å². The van der Waals surface area contributed by atoms with E-state index in [1.807, 2.05) is 12.1 Å². The van der Waals surface area contributed by atoms with E-state index in [4.69, 9.17) is 4.52 Å². The van der Waals surface area contributed by atoms with Gasteiger partial charge in [0, 0.05) is 8.07 Å². The third-order valence-electron chi connectivity index (χ3n) is 2.25. The van der Waals surface area contributed by atoms with Gasteiger partial charge >= 0.3 is 8.69 Å². The highest BCUT2D eigenvalue weighted by atomic mass is 31.1. The molecule has 0 aromatic heterocycles. The highest BCUT2D eigenvalue weighted by Crippen LogP contribution is 2.18. The van der Waals surface area contributed by atoms with Crippen molar-refractivity contribution in [2.75, 3.05) is 0 Å². The molecule has 0 heterocycles. The molecule has 0 bridgehead atoms. The van der Waals surface area contributed by atoms with Gasteiger partial charge in [-0.25, -0.2) is 0 Å². The molecule has 1 rings (SSSR count). The van der Waals surface area contributed by atoms with Crippen LogP contribution in [0.15, 0.2) is 24.3 Å². The molecule has 0 N–H and O–H groups in total. The van der Waals surface area contributed by atoms with Gasteiger partial charge in [-0.15, -0.1) is 0 Å². The number of aryl methyl sites for hydroxylation is 1. The van der Waals surface area contributed by atoms with Gasteiger partial charge in [-0.2, -0.15) is 0 Å². The van der Waals surface area contributed by atoms with Crippen LogP contribution in [0.4, 0.5) is 0 Å². The van der Waals surface area contributed by atoms with Crippen LogP contribution in [-0.4, -0.2) is 8.07 Å². The van der Waals surface area contributed by atoms with Gasteiger partial charge < -0.3 is 0 Å². The van der Waals surface area contributed by atoms with Crippen LogP contribution in [0.3, 0.4) is 0 Å². The molecule has 2 nitrogen and oxygen atoms in total. The summed E-state index contributed by atoms with van der Waals surface area (Å²) < 4.78 is 15.1. The smallest absolute Gasteiger partial charge is 0.256 e. The zero-order valence-electron chi connectivity index (χ0n) is 9.54. The minimum atomic E-state index is -0.949. The first kappa shape index (κ1) is 12.4. The average molecular weight is 241 g/mol. The van der Waals surface area contributed by atoms with Gasteiger partial charge in [0.2, 0.25) is 0 Å². The van der Waals surface area contributed by atoms with Crippen LogP contribution in [-0.2, 0) is 11.0 Å². The topological polar surface area (TPSA) is 26.3 Å². The van der Waals surface area contributed by atoms with E-state index in [9.17, 15) is 4.57 Å². The predicted octanol–water partition coefficient (Wildman–Crippen LogP) is 3.89. The van der Waals surface area contributed by atoms with E-state index in [2.05, 4.69) is 31.8 Å². The molecular weight excluding hydrogens is 223 g/mol. The van der Waals surface area contributed by atoms with Crippen LogP contribution >= 0.6 is 8.69 Å². The van der Waals surface area contributed by atoms with Gasteiger partial charge in [-0.3, -0.25) is 4.52 Å². The van der Waals surface area contributed by atoms with Gasteiger partial charge in [0.1, 0.15) is 0 Å². The highest BCUT2D eigenvalue weighted by Gasteiger charge is 2.12. The van der Waals surface area contributed by atoms with Gasteiger partial charge in [-0.05, 0) is 28.7 Å². The molecule has 0 amide bonds. The Hall–Kier alpha value is -0.663.